The van der Waals surface area contributed by atoms with Crippen molar-refractivity contribution in [2.45, 2.75) is 19.3 Å². The summed E-state index contributed by atoms with van der Waals surface area (Å²) in [6, 6.07) is 58.8. The number of rotatable bonds is 3. The normalized spacial score (nSPS) is 13.9. The Morgan fingerprint density at radius 2 is 0.872 bits per heavy atom. The first-order chi connectivity index (χ1) is 23.1. The number of anilines is 3. The maximum Gasteiger partial charge on any atom is 0.0742 e. The van der Waals surface area contributed by atoms with Crippen molar-refractivity contribution >= 4 is 55.2 Å². The van der Waals surface area contributed by atoms with Gasteiger partial charge in [0.25, 0.3) is 0 Å². The summed E-state index contributed by atoms with van der Waals surface area (Å²) in [5.74, 6) is 0. The van der Waals surface area contributed by atoms with E-state index < -0.39 is 5.41 Å². The van der Waals surface area contributed by atoms with Crippen LogP contribution in [0.15, 0.2) is 158 Å². The third-order valence-corrected chi connectivity index (χ3v) is 10.5. The topological polar surface area (TPSA) is 7.65 Å². The number of fused-ring (bicyclic) bond motifs is 8. The van der Waals surface area contributed by atoms with Gasteiger partial charge in [-0.1, -0.05) is 132 Å². The minimum absolute atomic E-state index is 0.495. The van der Waals surface area contributed by atoms with E-state index in [4.69, 9.17) is 0 Å². The lowest BCUT2D eigenvalue weighted by molar-refractivity contribution is 0.729. The second-order valence-corrected chi connectivity index (χ2v) is 13.1. The fourth-order valence-electron chi connectivity index (χ4n) is 8.57. The third kappa shape index (κ3) is 3.45. The van der Waals surface area contributed by atoms with Gasteiger partial charge in [-0.15, -0.1) is 0 Å². The van der Waals surface area contributed by atoms with Crippen LogP contribution in [0.4, 0.5) is 17.1 Å². The Labute approximate surface area is 274 Å². The van der Waals surface area contributed by atoms with Crippen LogP contribution in [-0.2, 0) is 5.41 Å². The maximum absolute atomic E-state index is 2.52. The molecule has 10 rings (SSSR count). The van der Waals surface area contributed by atoms with Gasteiger partial charge in [0, 0.05) is 27.2 Å². The molecule has 9 aromatic rings. The summed E-state index contributed by atoms with van der Waals surface area (Å²) in [4.78, 5) is 2.52. The van der Waals surface area contributed by atoms with Crippen LogP contribution in [0.5, 0.6) is 0 Å². The van der Waals surface area contributed by atoms with E-state index in [0.29, 0.717) is 0 Å². The van der Waals surface area contributed by atoms with E-state index in [0.717, 1.165) is 0 Å². The van der Waals surface area contributed by atoms with Crippen molar-refractivity contribution in [2.75, 3.05) is 4.90 Å². The number of aromatic nitrogens is 1. The minimum Gasteiger partial charge on any atom is -0.310 e. The highest BCUT2D eigenvalue weighted by Gasteiger charge is 2.46. The van der Waals surface area contributed by atoms with Gasteiger partial charge < -0.3 is 9.30 Å². The van der Waals surface area contributed by atoms with Gasteiger partial charge in [-0.3, -0.25) is 0 Å². The summed E-state index contributed by atoms with van der Waals surface area (Å²) in [5.41, 5.74) is 14.6. The van der Waals surface area contributed by atoms with Gasteiger partial charge in [0.1, 0.15) is 0 Å². The van der Waals surface area contributed by atoms with Gasteiger partial charge in [-0.05, 0) is 72.5 Å². The molecule has 0 saturated heterocycles. The standard InChI is InChI=1S/C45H32N2/c1-29-21-23-42-38(25-29)45(31-13-5-3-6-14-31,32-15-7-4-8-16-32)39-26-30(2)22-24-43(39)46(42)33-27-36-34-17-9-11-19-40(34)47-41-20-12-10-18-35(41)37(28-33)44(36)47/h3-28H,1-2H3. The Hall–Kier alpha value is -5.86. The molecule has 222 valence electrons. The molecular formula is C45H32N2. The van der Waals surface area contributed by atoms with Gasteiger partial charge in [-0.25, -0.2) is 0 Å². The zero-order valence-corrected chi connectivity index (χ0v) is 26.4. The molecule has 0 fully saturated rings. The summed E-state index contributed by atoms with van der Waals surface area (Å²) in [6.45, 7) is 4.44. The predicted octanol–water partition coefficient (Wildman–Crippen LogP) is 11.6. The van der Waals surface area contributed by atoms with Crippen molar-refractivity contribution < 1.29 is 0 Å². The highest BCUT2D eigenvalue weighted by atomic mass is 15.2. The van der Waals surface area contributed by atoms with E-state index in [1.54, 1.807) is 0 Å². The summed E-state index contributed by atoms with van der Waals surface area (Å²) >= 11 is 0. The van der Waals surface area contributed by atoms with Gasteiger partial charge in [0.2, 0.25) is 0 Å². The number of nitrogens with zero attached hydrogens (tertiary/aromatic N) is 2. The lowest BCUT2D eigenvalue weighted by Gasteiger charge is -2.47. The number of benzene rings is 7. The number of hydrogen-bond acceptors (Lipinski definition) is 1. The van der Waals surface area contributed by atoms with Crippen molar-refractivity contribution in [3.8, 4) is 0 Å². The van der Waals surface area contributed by atoms with Crippen molar-refractivity contribution in [3.05, 3.63) is 191 Å². The molecule has 47 heavy (non-hydrogen) atoms. The molecule has 2 nitrogen and oxygen atoms in total. The van der Waals surface area contributed by atoms with Crippen molar-refractivity contribution in [1.82, 2.24) is 4.40 Å². The molecule has 0 aliphatic carbocycles. The van der Waals surface area contributed by atoms with Gasteiger partial charge >= 0.3 is 0 Å². The van der Waals surface area contributed by atoms with Crippen LogP contribution in [0.3, 0.4) is 0 Å². The monoisotopic (exact) mass is 600 g/mol. The second-order valence-electron chi connectivity index (χ2n) is 13.1. The van der Waals surface area contributed by atoms with Crippen molar-refractivity contribution in [3.63, 3.8) is 0 Å². The van der Waals surface area contributed by atoms with Crippen LogP contribution in [0.1, 0.15) is 33.4 Å². The fourth-order valence-corrected chi connectivity index (χ4v) is 8.57. The molecule has 7 aromatic carbocycles. The molecule has 1 aliphatic rings. The minimum atomic E-state index is -0.495. The molecule has 0 N–H and O–H groups in total. The quantitative estimate of drug-likeness (QED) is 0.196. The number of hydrogen-bond donors (Lipinski definition) is 0. The lowest BCUT2D eigenvalue weighted by atomic mass is 9.62. The van der Waals surface area contributed by atoms with E-state index in [1.807, 2.05) is 0 Å². The second kappa shape index (κ2) is 9.57. The first kappa shape index (κ1) is 26.4. The molecule has 1 aliphatic heterocycles. The first-order valence-corrected chi connectivity index (χ1v) is 16.4. The highest BCUT2D eigenvalue weighted by Crippen LogP contribution is 2.58. The summed E-state index contributed by atoms with van der Waals surface area (Å²) in [5, 5.41) is 5.14. The average Bonchev–Trinajstić information content (AvgIpc) is 3.63. The summed E-state index contributed by atoms with van der Waals surface area (Å²) in [6.07, 6.45) is 0. The highest BCUT2D eigenvalue weighted by molar-refractivity contribution is 6.24. The molecule has 0 unspecified atom stereocenters. The van der Waals surface area contributed by atoms with Crippen LogP contribution in [-0.4, -0.2) is 4.40 Å². The molecule has 2 aromatic heterocycles. The van der Waals surface area contributed by atoms with Crippen molar-refractivity contribution in [1.29, 1.82) is 0 Å². The molecule has 0 bridgehead atoms. The molecular weight excluding hydrogens is 569 g/mol. The van der Waals surface area contributed by atoms with Crippen molar-refractivity contribution in [2.24, 2.45) is 0 Å². The number of aryl methyl sites for hydroxylation is 2. The first-order valence-electron chi connectivity index (χ1n) is 16.4. The Morgan fingerprint density at radius 3 is 1.36 bits per heavy atom. The van der Waals surface area contributed by atoms with Crippen LogP contribution >= 0.6 is 0 Å². The Morgan fingerprint density at radius 1 is 0.426 bits per heavy atom. The molecule has 0 spiro atoms. The Balaban J connectivity index is 1.37. The SMILES string of the molecule is Cc1ccc2c(c1)C(c1ccccc1)(c1ccccc1)c1cc(C)ccc1N2c1cc2c3ccccc3n3c4ccccc4c(c1)c23. The molecule has 0 radical (unpaired) electrons. The Kier molecular flexibility index (Phi) is 5.37. The largest absolute Gasteiger partial charge is 0.310 e. The smallest absolute Gasteiger partial charge is 0.0742 e. The molecule has 0 atom stereocenters. The predicted molar refractivity (Wildman–Crippen MR) is 197 cm³/mol. The van der Waals surface area contributed by atoms with Gasteiger partial charge in [-0.2, -0.15) is 0 Å². The summed E-state index contributed by atoms with van der Waals surface area (Å²) in [7, 11) is 0. The molecule has 3 heterocycles. The van der Waals surface area contributed by atoms with Crippen LogP contribution in [0.25, 0.3) is 38.1 Å². The lowest BCUT2D eigenvalue weighted by Crippen LogP contribution is -2.38. The van der Waals surface area contributed by atoms with E-state index in [9.17, 15) is 0 Å². The number of para-hydroxylation sites is 2. The van der Waals surface area contributed by atoms with Gasteiger partial charge in [0.15, 0.2) is 0 Å². The fraction of sp³-hybridized carbons (Fsp3) is 0.0667. The van der Waals surface area contributed by atoms with E-state index in [-0.39, 0.29) is 0 Å². The van der Waals surface area contributed by atoms with Crippen LogP contribution < -0.4 is 4.90 Å². The maximum atomic E-state index is 2.52. The summed E-state index contributed by atoms with van der Waals surface area (Å²) < 4.78 is 2.46. The molecule has 0 saturated carbocycles. The average molecular weight is 601 g/mol. The third-order valence-electron chi connectivity index (χ3n) is 10.5. The zero-order valence-electron chi connectivity index (χ0n) is 26.4. The van der Waals surface area contributed by atoms with Crippen LogP contribution in [0.2, 0.25) is 0 Å². The molecule has 0 amide bonds. The molecule has 2 heteroatoms. The zero-order chi connectivity index (χ0) is 31.3. The van der Waals surface area contributed by atoms with Gasteiger partial charge in [0.05, 0.1) is 33.3 Å². The van der Waals surface area contributed by atoms with E-state index >= 15 is 0 Å². The van der Waals surface area contributed by atoms with E-state index in [1.165, 1.54) is 88.5 Å². The van der Waals surface area contributed by atoms with Crippen LogP contribution in [0, 0.1) is 13.8 Å². The Bertz CT molecular complexity index is 2470. The van der Waals surface area contributed by atoms with E-state index in [2.05, 4.69) is 181 Å².